The van der Waals surface area contributed by atoms with Crippen LogP contribution in [0.1, 0.15) is 21.6 Å². The number of aryl methyl sites for hydroxylation is 1. The number of nitrogen functional groups attached to an aromatic ring is 1. The topological polar surface area (TPSA) is 104 Å². The Kier molecular flexibility index (Phi) is 4.33. The van der Waals surface area contributed by atoms with Gasteiger partial charge in [-0.3, -0.25) is 4.79 Å². The number of fused-ring (bicyclic) bond motifs is 1. The highest BCUT2D eigenvalue weighted by atomic mass is 35.5. The van der Waals surface area contributed by atoms with Crippen molar-refractivity contribution in [2.75, 3.05) is 12.5 Å². The van der Waals surface area contributed by atoms with Crippen LogP contribution in [0.2, 0.25) is 5.02 Å². The molecular formula is C18H16ClN5O3. The van der Waals surface area contributed by atoms with Crippen molar-refractivity contribution < 1.29 is 14.3 Å². The molecule has 1 amide bonds. The Morgan fingerprint density at radius 2 is 2.07 bits per heavy atom. The van der Waals surface area contributed by atoms with E-state index >= 15 is 0 Å². The lowest BCUT2D eigenvalue weighted by molar-refractivity contribution is 0.0946. The number of ether oxygens (including phenoxy) is 2. The Balaban J connectivity index is 1.49. The molecule has 2 heterocycles. The van der Waals surface area contributed by atoms with Crippen LogP contribution in [0.5, 0.6) is 11.5 Å². The number of rotatable bonds is 4. The summed E-state index contributed by atoms with van der Waals surface area (Å²) in [6.45, 7) is 2.39. The molecule has 0 bridgehead atoms. The Morgan fingerprint density at radius 3 is 2.89 bits per heavy atom. The zero-order valence-electron chi connectivity index (χ0n) is 14.4. The number of nitrogens with one attached hydrogen (secondary N) is 1. The van der Waals surface area contributed by atoms with Crippen LogP contribution >= 0.6 is 11.6 Å². The summed E-state index contributed by atoms with van der Waals surface area (Å²) in [5.41, 5.74) is 8.54. The van der Waals surface area contributed by atoms with Crippen molar-refractivity contribution in [3.05, 3.63) is 58.2 Å². The fourth-order valence-electron chi connectivity index (χ4n) is 2.67. The van der Waals surface area contributed by atoms with Crippen molar-refractivity contribution in [2.45, 2.75) is 13.5 Å². The third-order valence-corrected chi connectivity index (χ3v) is 4.62. The van der Waals surface area contributed by atoms with Crippen molar-refractivity contribution in [1.29, 1.82) is 0 Å². The largest absolute Gasteiger partial charge is 0.454 e. The van der Waals surface area contributed by atoms with Gasteiger partial charge < -0.3 is 20.5 Å². The van der Waals surface area contributed by atoms with Crippen LogP contribution in [0, 0.1) is 6.92 Å². The molecule has 8 nitrogen and oxygen atoms in total. The summed E-state index contributed by atoms with van der Waals surface area (Å²) in [5.74, 6) is 1.06. The first-order valence-corrected chi connectivity index (χ1v) is 8.55. The molecule has 2 aromatic carbocycles. The van der Waals surface area contributed by atoms with Gasteiger partial charge in [-0.05, 0) is 42.3 Å². The van der Waals surface area contributed by atoms with E-state index in [1.165, 1.54) is 4.68 Å². The zero-order valence-corrected chi connectivity index (χ0v) is 15.2. The van der Waals surface area contributed by atoms with Gasteiger partial charge in [-0.2, -0.15) is 4.68 Å². The molecule has 3 aromatic rings. The predicted octanol–water partition coefficient (Wildman–Crippen LogP) is 2.47. The van der Waals surface area contributed by atoms with E-state index in [4.69, 9.17) is 26.8 Å². The molecule has 1 aliphatic rings. The van der Waals surface area contributed by atoms with Crippen molar-refractivity contribution in [3.8, 4) is 17.2 Å². The lowest BCUT2D eigenvalue weighted by Crippen LogP contribution is -2.24. The Labute approximate surface area is 159 Å². The van der Waals surface area contributed by atoms with Crippen LogP contribution in [-0.4, -0.2) is 27.7 Å². The number of anilines is 1. The number of aromatic nitrogens is 3. The summed E-state index contributed by atoms with van der Waals surface area (Å²) in [7, 11) is 0. The Bertz CT molecular complexity index is 1030. The van der Waals surface area contributed by atoms with E-state index in [-0.39, 0.29) is 24.8 Å². The second-order valence-corrected chi connectivity index (χ2v) is 6.45. The summed E-state index contributed by atoms with van der Waals surface area (Å²) in [5, 5.41) is 11.2. The molecule has 0 fully saturated rings. The van der Waals surface area contributed by atoms with Gasteiger partial charge in [-0.1, -0.05) is 28.9 Å². The van der Waals surface area contributed by atoms with Crippen molar-refractivity contribution >= 4 is 23.3 Å². The third-order valence-electron chi connectivity index (χ3n) is 4.21. The van der Waals surface area contributed by atoms with Gasteiger partial charge in [0.25, 0.3) is 5.91 Å². The van der Waals surface area contributed by atoms with Crippen molar-refractivity contribution in [1.82, 2.24) is 20.3 Å². The lowest BCUT2D eigenvalue weighted by atomic mass is 10.2. The quantitative estimate of drug-likeness (QED) is 0.714. The van der Waals surface area contributed by atoms with Gasteiger partial charge in [0.2, 0.25) is 6.79 Å². The average Bonchev–Trinajstić information content (AvgIpc) is 3.28. The van der Waals surface area contributed by atoms with E-state index < -0.39 is 5.91 Å². The molecule has 27 heavy (non-hydrogen) atoms. The number of hydrogen-bond acceptors (Lipinski definition) is 6. The molecule has 1 aliphatic heterocycles. The molecule has 138 valence electrons. The fraction of sp³-hybridized carbons (Fsp3) is 0.167. The first kappa shape index (κ1) is 17.2. The van der Waals surface area contributed by atoms with Gasteiger partial charge in [-0.15, -0.1) is 5.10 Å². The zero-order chi connectivity index (χ0) is 19.0. The summed E-state index contributed by atoms with van der Waals surface area (Å²) in [4.78, 5) is 12.4. The van der Waals surface area contributed by atoms with Crippen LogP contribution in [0.15, 0.2) is 36.4 Å². The maximum Gasteiger partial charge on any atom is 0.275 e. The van der Waals surface area contributed by atoms with Crippen LogP contribution < -0.4 is 20.5 Å². The fourth-order valence-corrected chi connectivity index (χ4v) is 2.85. The molecule has 0 spiro atoms. The first-order valence-electron chi connectivity index (χ1n) is 8.17. The van der Waals surface area contributed by atoms with Gasteiger partial charge in [0, 0.05) is 11.6 Å². The summed E-state index contributed by atoms with van der Waals surface area (Å²) < 4.78 is 12.0. The molecule has 3 N–H and O–H groups in total. The normalized spacial score (nSPS) is 12.2. The smallest absolute Gasteiger partial charge is 0.275 e. The van der Waals surface area contributed by atoms with Gasteiger partial charge in [-0.25, -0.2) is 0 Å². The number of hydrogen-bond donors (Lipinski definition) is 2. The van der Waals surface area contributed by atoms with E-state index in [1.54, 1.807) is 18.2 Å². The number of carbonyl (C=O) groups excluding carboxylic acids is 1. The standard InChI is InChI=1S/C18H16ClN5O3/c1-10-2-4-12(7-13(10)19)24-17(20)16(22-23-24)18(25)21-8-11-3-5-14-15(6-11)27-9-26-14/h2-7H,8-9,20H2,1H3,(H,21,25). The number of nitrogens with two attached hydrogens (primary N) is 1. The van der Waals surface area contributed by atoms with Crippen LogP contribution in [-0.2, 0) is 6.54 Å². The van der Waals surface area contributed by atoms with Gasteiger partial charge >= 0.3 is 0 Å². The second kappa shape index (κ2) is 6.81. The van der Waals surface area contributed by atoms with E-state index in [0.717, 1.165) is 11.1 Å². The van der Waals surface area contributed by atoms with Gasteiger partial charge in [0.1, 0.15) is 0 Å². The number of amides is 1. The monoisotopic (exact) mass is 385 g/mol. The van der Waals surface area contributed by atoms with E-state index in [1.807, 2.05) is 25.1 Å². The summed E-state index contributed by atoms with van der Waals surface area (Å²) >= 11 is 6.14. The molecule has 0 atom stereocenters. The highest BCUT2D eigenvalue weighted by Crippen LogP contribution is 2.32. The SMILES string of the molecule is Cc1ccc(-n2nnc(C(=O)NCc3ccc4c(c3)OCO4)c2N)cc1Cl. The highest BCUT2D eigenvalue weighted by Gasteiger charge is 2.19. The second-order valence-electron chi connectivity index (χ2n) is 6.04. The van der Waals surface area contributed by atoms with Crippen LogP contribution in [0.25, 0.3) is 5.69 Å². The van der Waals surface area contributed by atoms with E-state index in [2.05, 4.69) is 15.6 Å². The summed E-state index contributed by atoms with van der Waals surface area (Å²) in [6, 6.07) is 10.8. The minimum atomic E-state index is -0.422. The Morgan fingerprint density at radius 1 is 1.26 bits per heavy atom. The maximum absolute atomic E-state index is 12.4. The van der Waals surface area contributed by atoms with Gasteiger partial charge in [0.15, 0.2) is 23.0 Å². The predicted molar refractivity (Wildman–Crippen MR) is 99.3 cm³/mol. The first-order chi connectivity index (χ1) is 13.0. The molecule has 0 aliphatic carbocycles. The van der Waals surface area contributed by atoms with E-state index in [0.29, 0.717) is 22.2 Å². The van der Waals surface area contributed by atoms with Gasteiger partial charge in [0.05, 0.1) is 5.69 Å². The lowest BCUT2D eigenvalue weighted by Gasteiger charge is -2.07. The minimum absolute atomic E-state index is 0.0486. The minimum Gasteiger partial charge on any atom is -0.454 e. The third kappa shape index (κ3) is 3.26. The highest BCUT2D eigenvalue weighted by molar-refractivity contribution is 6.31. The molecule has 9 heteroatoms. The van der Waals surface area contributed by atoms with Crippen LogP contribution in [0.4, 0.5) is 5.82 Å². The van der Waals surface area contributed by atoms with Crippen LogP contribution in [0.3, 0.4) is 0 Å². The molecular weight excluding hydrogens is 370 g/mol. The number of benzene rings is 2. The molecule has 1 aromatic heterocycles. The molecule has 0 radical (unpaired) electrons. The summed E-state index contributed by atoms with van der Waals surface area (Å²) in [6.07, 6.45) is 0. The number of carbonyl (C=O) groups is 1. The molecule has 0 unspecified atom stereocenters. The molecule has 0 saturated heterocycles. The Hall–Kier alpha value is -3.26. The molecule has 4 rings (SSSR count). The van der Waals surface area contributed by atoms with Crippen molar-refractivity contribution in [3.63, 3.8) is 0 Å². The van der Waals surface area contributed by atoms with E-state index in [9.17, 15) is 4.79 Å². The maximum atomic E-state index is 12.4. The number of nitrogens with zero attached hydrogens (tertiary/aromatic N) is 3. The average molecular weight is 386 g/mol. The number of halogens is 1. The van der Waals surface area contributed by atoms with Crippen molar-refractivity contribution in [2.24, 2.45) is 0 Å². The molecule has 0 saturated carbocycles.